The molecule has 0 bridgehead atoms. The first-order valence-electron chi connectivity index (χ1n) is 5.58. The minimum atomic E-state index is 0.440. The van der Waals surface area contributed by atoms with Gasteiger partial charge in [-0.25, -0.2) is 0 Å². The van der Waals surface area contributed by atoms with Crippen molar-refractivity contribution in [3.63, 3.8) is 0 Å². The Balaban J connectivity index is 2.45. The highest BCUT2D eigenvalue weighted by Gasteiger charge is 2.39. The molecule has 0 saturated carbocycles. The second kappa shape index (κ2) is 4.43. The fourth-order valence-electron chi connectivity index (χ4n) is 2.53. The van der Waals surface area contributed by atoms with Gasteiger partial charge in [-0.1, -0.05) is 20.3 Å². The van der Waals surface area contributed by atoms with Gasteiger partial charge in [0, 0.05) is 12.1 Å². The Labute approximate surface area is 82.3 Å². The summed E-state index contributed by atoms with van der Waals surface area (Å²) in [6, 6.07) is 1.44. The predicted octanol–water partition coefficient (Wildman–Crippen LogP) is 1.89. The highest BCUT2D eigenvalue weighted by Crippen LogP contribution is 2.37. The lowest BCUT2D eigenvalue weighted by atomic mass is 9.70. The molecule has 3 unspecified atom stereocenters. The highest BCUT2D eigenvalue weighted by atomic mass is 15.0. The van der Waals surface area contributed by atoms with E-state index in [0.717, 1.165) is 19.0 Å². The quantitative estimate of drug-likeness (QED) is 0.685. The molecule has 0 amide bonds. The van der Waals surface area contributed by atoms with Crippen molar-refractivity contribution in [1.82, 2.24) is 5.32 Å². The Kier molecular flexibility index (Phi) is 3.74. The first-order chi connectivity index (χ1) is 6.12. The third-order valence-corrected chi connectivity index (χ3v) is 3.45. The van der Waals surface area contributed by atoms with E-state index in [1.165, 1.54) is 19.3 Å². The molecule has 0 aromatic heterocycles. The summed E-state index contributed by atoms with van der Waals surface area (Å²) in [5, 5.41) is 3.60. The molecule has 1 aliphatic rings. The van der Waals surface area contributed by atoms with Gasteiger partial charge in [0.2, 0.25) is 0 Å². The number of nitrogens with one attached hydrogen (secondary N) is 1. The topological polar surface area (TPSA) is 38.0 Å². The second-order valence-corrected chi connectivity index (χ2v) is 4.80. The normalized spacial score (nSPS) is 32.3. The highest BCUT2D eigenvalue weighted by molar-refractivity contribution is 4.97. The van der Waals surface area contributed by atoms with Crippen LogP contribution in [0.3, 0.4) is 0 Å². The molecule has 0 aromatic carbocycles. The maximum absolute atomic E-state index is 5.67. The van der Waals surface area contributed by atoms with Crippen molar-refractivity contribution in [2.45, 2.75) is 58.5 Å². The third-order valence-electron chi connectivity index (χ3n) is 3.45. The third kappa shape index (κ3) is 2.44. The van der Waals surface area contributed by atoms with E-state index in [2.05, 4.69) is 26.1 Å². The van der Waals surface area contributed by atoms with Gasteiger partial charge >= 0.3 is 0 Å². The van der Waals surface area contributed by atoms with Gasteiger partial charge in [0.1, 0.15) is 0 Å². The van der Waals surface area contributed by atoms with Crippen LogP contribution in [-0.4, -0.2) is 18.6 Å². The van der Waals surface area contributed by atoms with E-state index in [4.69, 9.17) is 5.73 Å². The smallest absolute Gasteiger partial charge is 0.0138 e. The van der Waals surface area contributed by atoms with Crippen LogP contribution in [0.2, 0.25) is 0 Å². The molecule has 3 atom stereocenters. The van der Waals surface area contributed by atoms with Crippen molar-refractivity contribution in [2.75, 3.05) is 6.54 Å². The molecule has 1 aliphatic heterocycles. The van der Waals surface area contributed by atoms with Crippen molar-refractivity contribution in [1.29, 1.82) is 0 Å². The van der Waals surface area contributed by atoms with Crippen molar-refractivity contribution < 1.29 is 0 Å². The minimum Gasteiger partial charge on any atom is -0.330 e. The van der Waals surface area contributed by atoms with E-state index in [0.29, 0.717) is 11.5 Å². The lowest BCUT2D eigenvalue weighted by Gasteiger charge is -2.47. The standard InChI is InChI=1S/C11H24N2/c1-4-5-11(3,6-7-12)10-8-9(2)13-10/h9-10,13H,4-8,12H2,1-3H3. The molecule has 13 heavy (non-hydrogen) atoms. The van der Waals surface area contributed by atoms with Crippen molar-refractivity contribution >= 4 is 0 Å². The van der Waals surface area contributed by atoms with Crippen LogP contribution in [0.15, 0.2) is 0 Å². The van der Waals surface area contributed by atoms with Gasteiger partial charge in [-0.15, -0.1) is 0 Å². The summed E-state index contributed by atoms with van der Waals surface area (Å²) in [7, 11) is 0. The summed E-state index contributed by atoms with van der Waals surface area (Å²) < 4.78 is 0. The van der Waals surface area contributed by atoms with Gasteiger partial charge in [0.25, 0.3) is 0 Å². The molecule has 2 nitrogen and oxygen atoms in total. The maximum Gasteiger partial charge on any atom is 0.0138 e. The van der Waals surface area contributed by atoms with E-state index in [1.807, 2.05) is 0 Å². The molecule has 1 rings (SSSR count). The Morgan fingerprint density at radius 2 is 2.08 bits per heavy atom. The molecule has 0 radical (unpaired) electrons. The number of hydrogen-bond acceptors (Lipinski definition) is 2. The predicted molar refractivity (Wildman–Crippen MR) is 57.7 cm³/mol. The SMILES string of the molecule is CCCC(C)(CCN)C1CC(C)N1. The summed E-state index contributed by atoms with van der Waals surface area (Å²) in [6.45, 7) is 7.72. The molecule has 0 aromatic rings. The second-order valence-electron chi connectivity index (χ2n) is 4.80. The van der Waals surface area contributed by atoms with Crippen molar-refractivity contribution in [2.24, 2.45) is 11.1 Å². The van der Waals surface area contributed by atoms with Crippen molar-refractivity contribution in [3.05, 3.63) is 0 Å². The van der Waals surface area contributed by atoms with Gasteiger partial charge in [-0.2, -0.15) is 0 Å². The lowest BCUT2D eigenvalue weighted by Crippen LogP contribution is -2.58. The molecule has 0 aliphatic carbocycles. The average Bonchev–Trinajstić information content (AvgIpc) is 2.00. The Morgan fingerprint density at radius 3 is 2.46 bits per heavy atom. The van der Waals surface area contributed by atoms with Gasteiger partial charge in [0.05, 0.1) is 0 Å². The number of rotatable bonds is 5. The van der Waals surface area contributed by atoms with E-state index < -0.39 is 0 Å². The van der Waals surface area contributed by atoms with Crippen LogP contribution in [0.1, 0.15) is 46.5 Å². The summed E-state index contributed by atoms with van der Waals surface area (Å²) in [6.07, 6.45) is 5.05. The van der Waals surface area contributed by atoms with Gasteiger partial charge < -0.3 is 11.1 Å². The van der Waals surface area contributed by atoms with Gasteiger partial charge in [-0.3, -0.25) is 0 Å². The first-order valence-corrected chi connectivity index (χ1v) is 5.58. The molecule has 3 N–H and O–H groups in total. The van der Waals surface area contributed by atoms with E-state index in [-0.39, 0.29) is 0 Å². The van der Waals surface area contributed by atoms with E-state index >= 15 is 0 Å². The monoisotopic (exact) mass is 184 g/mol. The molecule has 2 heteroatoms. The Bertz CT molecular complexity index is 144. The zero-order valence-corrected chi connectivity index (χ0v) is 9.27. The summed E-state index contributed by atoms with van der Waals surface area (Å²) >= 11 is 0. The molecule has 0 spiro atoms. The first kappa shape index (κ1) is 11.0. The summed E-state index contributed by atoms with van der Waals surface area (Å²) in [5.74, 6) is 0. The van der Waals surface area contributed by atoms with Gasteiger partial charge in [0.15, 0.2) is 0 Å². The fraction of sp³-hybridized carbons (Fsp3) is 1.00. The zero-order valence-electron chi connectivity index (χ0n) is 9.27. The van der Waals surface area contributed by atoms with Crippen LogP contribution in [0, 0.1) is 5.41 Å². The van der Waals surface area contributed by atoms with E-state index in [9.17, 15) is 0 Å². The lowest BCUT2D eigenvalue weighted by molar-refractivity contribution is 0.0972. The fourth-order valence-corrected chi connectivity index (χ4v) is 2.53. The molecule has 1 fully saturated rings. The van der Waals surface area contributed by atoms with Crippen LogP contribution < -0.4 is 11.1 Å². The maximum atomic E-state index is 5.67. The molecular formula is C11H24N2. The summed E-state index contributed by atoms with van der Waals surface area (Å²) in [4.78, 5) is 0. The van der Waals surface area contributed by atoms with Crippen molar-refractivity contribution in [3.8, 4) is 0 Å². The van der Waals surface area contributed by atoms with Crippen LogP contribution in [-0.2, 0) is 0 Å². The average molecular weight is 184 g/mol. The molecule has 78 valence electrons. The Morgan fingerprint density at radius 1 is 1.46 bits per heavy atom. The number of nitrogens with two attached hydrogens (primary N) is 1. The minimum absolute atomic E-state index is 0.440. The van der Waals surface area contributed by atoms with Crippen LogP contribution in [0.25, 0.3) is 0 Å². The zero-order chi connectivity index (χ0) is 9.90. The molecular weight excluding hydrogens is 160 g/mol. The van der Waals surface area contributed by atoms with Gasteiger partial charge in [-0.05, 0) is 38.1 Å². The van der Waals surface area contributed by atoms with Crippen LogP contribution in [0.4, 0.5) is 0 Å². The summed E-state index contributed by atoms with van der Waals surface area (Å²) in [5.41, 5.74) is 6.11. The molecule has 1 saturated heterocycles. The molecule has 1 heterocycles. The number of hydrogen-bond donors (Lipinski definition) is 2. The largest absolute Gasteiger partial charge is 0.330 e. The van der Waals surface area contributed by atoms with Crippen LogP contribution >= 0.6 is 0 Å². The van der Waals surface area contributed by atoms with E-state index in [1.54, 1.807) is 0 Å². The Hall–Kier alpha value is -0.0800. The van der Waals surface area contributed by atoms with Crippen LogP contribution in [0.5, 0.6) is 0 Å².